The fourth-order valence-corrected chi connectivity index (χ4v) is 3.22. The molecule has 0 spiro atoms. The molecule has 0 saturated carbocycles. The Morgan fingerprint density at radius 1 is 1.04 bits per heavy atom. The van der Waals surface area contributed by atoms with Crippen molar-refractivity contribution in [3.63, 3.8) is 0 Å². The lowest BCUT2D eigenvalue weighted by atomic mass is 10.2. The minimum absolute atomic E-state index is 0.261. The van der Waals surface area contributed by atoms with E-state index in [-0.39, 0.29) is 5.75 Å². The Morgan fingerprint density at radius 2 is 1.72 bits per heavy atom. The maximum absolute atomic E-state index is 9.41. The van der Waals surface area contributed by atoms with Crippen LogP contribution in [0.3, 0.4) is 0 Å². The molecule has 0 unspecified atom stereocenters. The van der Waals surface area contributed by atoms with E-state index in [0.29, 0.717) is 0 Å². The second-order valence-corrected chi connectivity index (χ2v) is 6.68. The monoisotopic (exact) mass is 352 g/mol. The average Bonchev–Trinajstić information content (AvgIpc) is 2.97. The standard InChI is InChI=1S/C19H20N4OS/c1-22(2)16-8-4-14(5-9-16)12-20-21-19-23(3)18(13-25-19)15-6-10-17(24)11-7-15/h4-13,24H,1-3H3/b20-12+,21-19+. The van der Waals surface area contributed by atoms with Gasteiger partial charge in [-0.2, -0.15) is 5.10 Å². The smallest absolute Gasteiger partial charge is 0.210 e. The fourth-order valence-electron chi connectivity index (χ4n) is 2.36. The molecule has 128 valence electrons. The Hall–Kier alpha value is -2.86. The van der Waals surface area contributed by atoms with Gasteiger partial charge in [0.2, 0.25) is 4.80 Å². The molecule has 0 saturated heterocycles. The molecule has 3 aromatic rings. The van der Waals surface area contributed by atoms with Crippen molar-refractivity contribution in [3.8, 4) is 17.0 Å². The summed E-state index contributed by atoms with van der Waals surface area (Å²) in [5.74, 6) is 0.261. The maximum Gasteiger partial charge on any atom is 0.210 e. The molecule has 0 radical (unpaired) electrons. The molecule has 2 aromatic carbocycles. The fraction of sp³-hybridized carbons (Fsp3) is 0.158. The van der Waals surface area contributed by atoms with Crippen molar-refractivity contribution in [2.24, 2.45) is 17.3 Å². The van der Waals surface area contributed by atoms with Gasteiger partial charge in [-0.15, -0.1) is 16.4 Å². The molecule has 3 rings (SSSR count). The van der Waals surface area contributed by atoms with Crippen LogP contribution in [0.15, 0.2) is 64.1 Å². The average molecular weight is 352 g/mol. The first-order valence-electron chi connectivity index (χ1n) is 7.83. The van der Waals surface area contributed by atoms with Gasteiger partial charge in [0.25, 0.3) is 0 Å². The molecule has 0 fully saturated rings. The van der Waals surface area contributed by atoms with Gasteiger partial charge >= 0.3 is 0 Å². The summed E-state index contributed by atoms with van der Waals surface area (Å²) in [4.78, 5) is 2.87. The Kier molecular flexibility index (Phi) is 5.00. The molecule has 0 amide bonds. The maximum atomic E-state index is 9.41. The van der Waals surface area contributed by atoms with Gasteiger partial charge in [0.05, 0.1) is 11.9 Å². The van der Waals surface area contributed by atoms with Crippen molar-refractivity contribution in [2.75, 3.05) is 19.0 Å². The Morgan fingerprint density at radius 3 is 2.36 bits per heavy atom. The zero-order valence-corrected chi connectivity index (χ0v) is 15.2. The van der Waals surface area contributed by atoms with Crippen molar-refractivity contribution in [2.45, 2.75) is 0 Å². The van der Waals surface area contributed by atoms with Gasteiger partial charge in [0.15, 0.2) is 0 Å². The quantitative estimate of drug-likeness (QED) is 0.577. The summed E-state index contributed by atoms with van der Waals surface area (Å²) in [5, 5.41) is 20.0. The molecule has 0 bridgehead atoms. The normalized spacial score (nSPS) is 12.0. The number of hydrogen-bond acceptors (Lipinski definition) is 5. The Bertz CT molecular complexity index is 935. The molecular weight excluding hydrogens is 332 g/mol. The van der Waals surface area contributed by atoms with Crippen LogP contribution in [-0.4, -0.2) is 30.0 Å². The van der Waals surface area contributed by atoms with Crippen molar-refractivity contribution >= 4 is 23.2 Å². The summed E-state index contributed by atoms with van der Waals surface area (Å²) in [7, 11) is 5.99. The Labute approximate surface area is 150 Å². The van der Waals surface area contributed by atoms with Crippen LogP contribution in [0.4, 0.5) is 5.69 Å². The summed E-state index contributed by atoms with van der Waals surface area (Å²) in [5.41, 5.74) is 4.22. The second kappa shape index (κ2) is 7.36. The van der Waals surface area contributed by atoms with E-state index in [1.807, 2.05) is 55.4 Å². The molecular formula is C19H20N4OS. The summed E-state index contributed by atoms with van der Waals surface area (Å²) < 4.78 is 1.99. The number of rotatable bonds is 4. The second-order valence-electron chi connectivity index (χ2n) is 5.84. The van der Waals surface area contributed by atoms with Crippen molar-refractivity contribution in [3.05, 3.63) is 64.3 Å². The molecule has 6 heteroatoms. The number of benzene rings is 2. The lowest BCUT2D eigenvalue weighted by molar-refractivity contribution is 0.475. The highest BCUT2D eigenvalue weighted by atomic mass is 32.1. The molecule has 0 aliphatic rings. The van der Waals surface area contributed by atoms with Crippen LogP contribution in [0.1, 0.15) is 5.56 Å². The first-order chi connectivity index (χ1) is 12.0. The van der Waals surface area contributed by atoms with Crippen LogP contribution in [0.5, 0.6) is 5.75 Å². The van der Waals surface area contributed by atoms with E-state index in [0.717, 1.165) is 27.3 Å². The van der Waals surface area contributed by atoms with E-state index in [1.54, 1.807) is 18.3 Å². The first-order valence-corrected chi connectivity index (χ1v) is 8.71. The van der Waals surface area contributed by atoms with Crippen LogP contribution >= 0.6 is 11.3 Å². The number of aromatic hydroxyl groups is 1. The van der Waals surface area contributed by atoms with Gasteiger partial charge in [-0.3, -0.25) is 0 Å². The van der Waals surface area contributed by atoms with Crippen molar-refractivity contribution < 1.29 is 5.11 Å². The molecule has 0 aliphatic carbocycles. The number of phenolic OH excluding ortho intramolecular Hbond substituents is 1. The van der Waals surface area contributed by atoms with Crippen LogP contribution in [0, 0.1) is 0 Å². The highest BCUT2D eigenvalue weighted by molar-refractivity contribution is 7.07. The third-order valence-electron chi connectivity index (χ3n) is 3.85. The minimum atomic E-state index is 0.261. The van der Waals surface area contributed by atoms with Gasteiger partial charge < -0.3 is 14.6 Å². The highest BCUT2D eigenvalue weighted by Gasteiger charge is 2.04. The number of thiazole rings is 1. The van der Waals surface area contributed by atoms with Gasteiger partial charge in [0.1, 0.15) is 5.75 Å². The number of anilines is 1. The summed E-state index contributed by atoms with van der Waals surface area (Å²) in [6.07, 6.45) is 1.75. The molecule has 25 heavy (non-hydrogen) atoms. The van der Waals surface area contributed by atoms with Crippen molar-refractivity contribution in [1.82, 2.24) is 4.57 Å². The predicted molar refractivity (Wildman–Crippen MR) is 104 cm³/mol. The highest BCUT2D eigenvalue weighted by Crippen LogP contribution is 2.21. The number of hydrogen-bond donors (Lipinski definition) is 1. The van der Waals surface area contributed by atoms with E-state index in [1.165, 1.54) is 11.3 Å². The van der Waals surface area contributed by atoms with E-state index >= 15 is 0 Å². The largest absolute Gasteiger partial charge is 0.508 e. The summed E-state index contributed by atoms with van der Waals surface area (Å²) in [6, 6.07) is 15.3. The number of nitrogens with zero attached hydrogens (tertiary/aromatic N) is 4. The van der Waals surface area contributed by atoms with E-state index in [9.17, 15) is 5.11 Å². The van der Waals surface area contributed by atoms with Crippen molar-refractivity contribution in [1.29, 1.82) is 0 Å². The molecule has 1 N–H and O–H groups in total. The van der Waals surface area contributed by atoms with E-state index in [4.69, 9.17) is 0 Å². The molecule has 0 aliphatic heterocycles. The zero-order valence-electron chi connectivity index (χ0n) is 14.4. The summed E-state index contributed by atoms with van der Waals surface area (Å²) in [6.45, 7) is 0. The minimum Gasteiger partial charge on any atom is -0.508 e. The topological polar surface area (TPSA) is 53.1 Å². The van der Waals surface area contributed by atoms with Gasteiger partial charge in [-0.25, -0.2) is 0 Å². The SMILES string of the molecule is CN(C)c1ccc(/C=N/N=c2/scc(-c3ccc(O)cc3)n2C)cc1. The summed E-state index contributed by atoms with van der Waals surface area (Å²) >= 11 is 1.53. The number of aromatic nitrogens is 1. The van der Waals surface area contributed by atoms with Crippen LogP contribution < -0.4 is 9.70 Å². The van der Waals surface area contributed by atoms with E-state index in [2.05, 4.69) is 27.2 Å². The lowest BCUT2D eigenvalue weighted by Gasteiger charge is -2.11. The molecule has 5 nitrogen and oxygen atoms in total. The molecule has 0 atom stereocenters. The molecule has 1 aromatic heterocycles. The van der Waals surface area contributed by atoms with Crippen LogP contribution in [-0.2, 0) is 7.05 Å². The van der Waals surface area contributed by atoms with Crippen LogP contribution in [0.25, 0.3) is 11.3 Å². The lowest BCUT2D eigenvalue weighted by Crippen LogP contribution is -2.10. The van der Waals surface area contributed by atoms with E-state index < -0.39 is 0 Å². The van der Waals surface area contributed by atoms with Crippen LogP contribution in [0.2, 0.25) is 0 Å². The molecule has 1 heterocycles. The number of phenols is 1. The predicted octanol–water partition coefficient (Wildman–Crippen LogP) is 3.46. The van der Waals surface area contributed by atoms with Gasteiger partial charge in [-0.05, 0) is 47.5 Å². The third kappa shape index (κ3) is 3.97. The third-order valence-corrected chi connectivity index (χ3v) is 4.75. The Balaban J connectivity index is 1.81. The van der Waals surface area contributed by atoms with Gasteiger partial charge in [0, 0.05) is 32.2 Å². The first kappa shape index (κ1) is 17.0. The van der Waals surface area contributed by atoms with Gasteiger partial charge in [-0.1, -0.05) is 12.1 Å². The zero-order chi connectivity index (χ0) is 17.8.